The van der Waals surface area contributed by atoms with E-state index in [2.05, 4.69) is 5.32 Å². The van der Waals surface area contributed by atoms with Crippen molar-refractivity contribution >= 4 is 23.3 Å². The Labute approximate surface area is 202 Å². The van der Waals surface area contributed by atoms with Crippen LogP contribution in [0, 0.1) is 5.82 Å². The third-order valence-corrected chi connectivity index (χ3v) is 6.11. The first kappa shape index (κ1) is 25.0. The molecule has 2 aromatic carbocycles. The van der Waals surface area contributed by atoms with Crippen molar-refractivity contribution in [2.75, 3.05) is 13.7 Å². The van der Waals surface area contributed by atoms with Crippen LogP contribution in [-0.2, 0) is 17.9 Å². The number of nitrogens with two attached hydrogens (primary N) is 1. The van der Waals surface area contributed by atoms with Gasteiger partial charge in [0, 0.05) is 23.5 Å². The standard InChI is InChI=1S/C25H28FN3O4S/c1-3-29(24(30)14-21(28-25(27)31)19-8-4-5-9-20(19)26)15-17-10-11-22(23(13-17)32-2)33-16-18-7-6-12-34-18/h4-13,21H,3,14-16H2,1-2H3,(H3,27,28,31). The zero-order valence-electron chi connectivity index (χ0n) is 19.1. The number of ether oxygens (including phenoxy) is 2. The number of hydrogen-bond acceptors (Lipinski definition) is 5. The van der Waals surface area contributed by atoms with Crippen LogP contribution in [-0.4, -0.2) is 30.5 Å². The van der Waals surface area contributed by atoms with Crippen LogP contribution in [0.15, 0.2) is 60.0 Å². The summed E-state index contributed by atoms with van der Waals surface area (Å²) in [5, 5.41) is 4.47. The average Bonchev–Trinajstić information content (AvgIpc) is 3.34. The summed E-state index contributed by atoms with van der Waals surface area (Å²) < 4.78 is 25.7. The molecule has 3 aromatic rings. The number of hydrogen-bond donors (Lipinski definition) is 2. The molecule has 0 aliphatic rings. The molecule has 180 valence electrons. The zero-order valence-corrected chi connectivity index (χ0v) is 19.9. The molecule has 7 nitrogen and oxygen atoms in total. The summed E-state index contributed by atoms with van der Waals surface area (Å²) in [6.45, 7) is 3.04. The van der Waals surface area contributed by atoms with Crippen molar-refractivity contribution in [3.05, 3.63) is 81.8 Å². The molecule has 1 atom stereocenters. The number of halogens is 1. The number of nitrogens with one attached hydrogen (secondary N) is 1. The van der Waals surface area contributed by atoms with Gasteiger partial charge in [-0.3, -0.25) is 4.79 Å². The van der Waals surface area contributed by atoms with E-state index in [1.54, 1.807) is 35.5 Å². The number of nitrogens with zero attached hydrogens (tertiary/aromatic N) is 1. The van der Waals surface area contributed by atoms with E-state index in [-0.39, 0.29) is 17.9 Å². The van der Waals surface area contributed by atoms with Crippen LogP contribution in [0.25, 0.3) is 0 Å². The van der Waals surface area contributed by atoms with Crippen LogP contribution in [0.5, 0.6) is 11.5 Å². The largest absolute Gasteiger partial charge is 0.493 e. The van der Waals surface area contributed by atoms with Gasteiger partial charge in [0.05, 0.1) is 19.6 Å². The molecular formula is C25H28FN3O4S. The second kappa shape index (κ2) is 12.0. The van der Waals surface area contributed by atoms with Gasteiger partial charge in [0.15, 0.2) is 11.5 Å². The third-order valence-electron chi connectivity index (χ3n) is 5.26. The van der Waals surface area contributed by atoms with Crippen LogP contribution in [0.3, 0.4) is 0 Å². The van der Waals surface area contributed by atoms with E-state index in [9.17, 15) is 14.0 Å². The molecule has 34 heavy (non-hydrogen) atoms. The number of benzene rings is 2. The quantitative estimate of drug-likeness (QED) is 0.414. The predicted molar refractivity (Wildman–Crippen MR) is 129 cm³/mol. The third kappa shape index (κ3) is 6.71. The second-order valence-corrected chi connectivity index (χ2v) is 8.58. The normalized spacial score (nSPS) is 11.5. The van der Waals surface area contributed by atoms with Crippen molar-refractivity contribution in [3.8, 4) is 11.5 Å². The van der Waals surface area contributed by atoms with Crippen LogP contribution < -0.4 is 20.5 Å². The average molecular weight is 486 g/mol. The molecule has 0 radical (unpaired) electrons. The van der Waals surface area contributed by atoms with Gasteiger partial charge in [-0.25, -0.2) is 9.18 Å². The number of carbonyl (C=O) groups excluding carboxylic acids is 2. The lowest BCUT2D eigenvalue weighted by molar-refractivity contribution is -0.132. The van der Waals surface area contributed by atoms with E-state index in [4.69, 9.17) is 15.2 Å². The van der Waals surface area contributed by atoms with Gasteiger partial charge in [-0.15, -0.1) is 11.3 Å². The van der Waals surface area contributed by atoms with E-state index >= 15 is 0 Å². The minimum atomic E-state index is -0.872. The number of methoxy groups -OCH3 is 1. The molecule has 0 fully saturated rings. The molecule has 3 amide bonds. The van der Waals surface area contributed by atoms with Crippen molar-refractivity contribution in [3.63, 3.8) is 0 Å². The topological polar surface area (TPSA) is 93.9 Å². The molecule has 0 aliphatic heterocycles. The summed E-state index contributed by atoms with van der Waals surface area (Å²) in [6, 6.07) is 13.8. The molecule has 0 spiro atoms. The fraction of sp³-hybridized carbons (Fsp3) is 0.280. The van der Waals surface area contributed by atoms with E-state index < -0.39 is 17.9 Å². The Balaban J connectivity index is 1.70. The van der Waals surface area contributed by atoms with Crippen molar-refractivity contribution in [1.82, 2.24) is 10.2 Å². The van der Waals surface area contributed by atoms with Crippen LogP contribution in [0.4, 0.5) is 9.18 Å². The number of amides is 3. The maximum absolute atomic E-state index is 14.3. The molecule has 0 saturated carbocycles. The molecule has 3 rings (SSSR count). The number of primary amides is 1. The van der Waals surface area contributed by atoms with E-state index in [0.29, 0.717) is 31.2 Å². The summed E-state index contributed by atoms with van der Waals surface area (Å²) in [7, 11) is 1.56. The van der Waals surface area contributed by atoms with Crippen LogP contribution >= 0.6 is 11.3 Å². The lowest BCUT2D eigenvalue weighted by atomic mass is 10.0. The second-order valence-electron chi connectivity index (χ2n) is 7.55. The highest BCUT2D eigenvalue weighted by atomic mass is 32.1. The molecule has 0 saturated heterocycles. The molecule has 0 aliphatic carbocycles. The maximum atomic E-state index is 14.3. The molecule has 0 bridgehead atoms. The highest BCUT2D eigenvalue weighted by Crippen LogP contribution is 2.30. The van der Waals surface area contributed by atoms with Gasteiger partial charge < -0.3 is 25.4 Å². The van der Waals surface area contributed by atoms with Crippen molar-refractivity contribution in [2.45, 2.75) is 32.5 Å². The molecule has 3 N–H and O–H groups in total. The Morgan fingerprint density at radius 2 is 1.94 bits per heavy atom. The first-order valence-corrected chi connectivity index (χ1v) is 11.7. The summed E-state index contributed by atoms with van der Waals surface area (Å²) in [4.78, 5) is 27.3. The van der Waals surface area contributed by atoms with Gasteiger partial charge in [-0.05, 0) is 42.1 Å². The highest BCUT2D eigenvalue weighted by Gasteiger charge is 2.23. The highest BCUT2D eigenvalue weighted by molar-refractivity contribution is 7.09. The van der Waals surface area contributed by atoms with Crippen molar-refractivity contribution in [2.24, 2.45) is 5.73 Å². The summed E-state index contributed by atoms with van der Waals surface area (Å²) in [5.41, 5.74) is 6.32. The summed E-state index contributed by atoms with van der Waals surface area (Å²) in [6.07, 6.45) is -0.128. The fourth-order valence-electron chi connectivity index (χ4n) is 3.54. The van der Waals surface area contributed by atoms with Gasteiger partial charge in [-0.1, -0.05) is 30.3 Å². The van der Waals surface area contributed by atoms with Gasteiger partial charge in [0.2, 0.25) is 5.91 Å². The lowest BCUT2D eigenvalue weighted by Crippen LogP contribution is -2.38. The fourth-order valence-corrected chi connectivity index (χ4v) is 4.16. The number of rotatable bonds is 11. The minimum absolute atomic E-state index is 0.128. The van der Waals surface area contributed by atoms with E-state index in [0.717, 1.165) is 10.4 Å². The Bertz CT molecular complexity index is 1110. The Hall–Kier alpha value is -3.59. The van der Waals surface area contributed by atoms with Gasteiger partial charge >= 0.3 is 6.03 Å². The number of urea groups is 1. The molecule has 9 heteroatoms. The van der Waals surface area contributed by atoms with Crippen molar-refractivity contribution < 1.29 is 23.5 Å². The predicted octanol–water partition coefficient (Wildman–Crippen LogP) is 4.62. The molecular weight excluding hydrogens is 457 g/mol. The number of carbonyl (C=O) groups is 2. The summed E-state index contributed by atoms with van der Waals surface area (Å²) in [5.74, 6) is 0.415. The smallest absolute Gasteiger partial charge is 0.312 e. The van der Waals surface area contributed by atoms with Crippen LogP contribution in [0.2, 0.25) is 0 Å². The Kier molecular flexibility index (Phi) is 8.86. The van der Waals surface area contributed by atoms with Gasteiger partial charge in [0.25, 0.3) is 0 Å². The zero-order chi connectivity index (χ0) is 24.5. The SMILES string of the molecule is CCN(Cc1ccc(OCc2cccs2)c(OC)c1)C(=O)CC(NC(N)=O)c1ccccc1F. The van der Waals surface area contributed by atoms with E-state index in [1.807, 2.05) is 42.6 Å². The van der Waals surface area contributed by atoms with Gasteiger partial charge in [-0.2, -0.15) is 0 Å². The molecule has 1 unspecified atom stereocenters. The first-order chi connectivity index (χ1) is 16.4. The lowest BCUT2D eigenvalue weighted by Gasteiger charge is -2.25. The van der Waals surface area contributed by atoms with E-state index in [1.165, 1.54) is 12.1 Å². The van der Waals surface area contributed by atoms with Crippen molar-refractivity contribution in [1.29, 1.82) is 0 Å². The maximum Gasteiger partial charge on any atom is 0.312 e. The summed E-state index contributed by atoms with van der Waals surface area (Å²) >= 11 is 1.61. The van der Waals surface area contributed by atoms with Gasteiger partial charge in [0.1, 0.15) is 12.4 Å². The minimum Gasteiger partial charge on any atom is -0.493 e. The Morgan fingerprint density at radius 1 is 1.15 bits per heavy atom. The molecule has 1 heterocycles. The number of thiophene rings is 1. The Morgan fingerprint density at radius 3 is 2.59 bits per heavy atom. The van der Waals surface area contributed by atoms with Crippen LogP contribution in [0.1, 0.15) is 35.4 Å². The first-order valence-electron chi connectivity index (χ1n) is 10.8. The molecule has 1 aromatic heterocycles. The monoisotopic (exact) mass is 485 g/mol.